The number of rotatable bonds is 3. The second-order valence-electron chi connectivity index (χ2n) is 3.49. The molecule has 2 nitrogen and oxygen atoms in total. The van der Waals surface area contributed by atoms with Gasteiger partial charge in [0, 0.05) is 0 Å². The van der Waals surface area contributed by atoms with Crippen molar-refractivity contribution in [3.8, 4) is 0 Å². The lowest BCUT2D eigenvalue weighted by Gasteiger charge is -2.03. The van der Waals surface area contributed by atoms with Crippen LogP contribution < -0.4 is 0 Å². The molecule has 82 valence electrons. The zero-order valence-electron chi connectivity index (χ0n) is 8.61. The summed E-state index contributed by atoms with van der Waals surface area (Å²) in [5.74, 6) is -0.409. The molecule has 0 aliphatic carbocycles. The molecule has 0 radical (unpaired) electrons. The second kappa shape index (κ2) is 4.99. The number of aromatic nitrogens is 2. The van der Waals surface area contributed by atoms with Crippen molar-refractivity contribution in [2.24, 2.45) is 0 Å². The molecule has 16 heavy (non-hydrogen) atoms. The summed E-state index contributed by atoms with van der Waals surface area (Å²) < 4.78 is 13.5. The van der Waals surface area contributed by atoms with Crippen LogP contribution in [0.3, 0.4) is 0 Å². The molecule has 0 spiro atoms. The number of benzene rings is 1. The van der Waals surface area contributed by atoms with Crippen molar-refractivity contribution in [2.75, 3.05) is 0 Å². The van der Waals surface area contributed by atoms with Gasteiger partial charge in [0.05, 0.1) is 12.0 Å². The van der Waals surface area contributed by atoms with E-state index in [-0.39, 0.29) is 4.64 Å². The Bertz CT molecular complexity index is 522. The van der Waals surface area contributed by atoms with Crippen molar-refractivity contribution in [3.05, 3.63) is 58.4 Å². The molecule has 0 aliphatic heterocycles. The van der Waals surface area contributed by atoms with Crippen molar-refractivity contribution in [2.45, 2.75) is 12.8 Å². The Balaban J connectivity index is 2.11. The third kappa shape index (κ3) is 2.52. The number of aryl methyl sites for hydroxylation is 2. The highest BCUT2D eigenvalue weighted by Gasteiger charge is 2.04. The summed E-state index contributed by atoms with van der Waals surface area (Å²) in [7, 11) is 0. The first-order valence-corrected chi connectivity index (χ1v) is 5.44. The number of nitrogens with one attached hydrogen (secondary N) is 1. The van der Waals surface area contributed by atoms with Crippen molar-refractivity contribution >= 4 is 12.2 Å². The van der Waals surface area contributed by atoms with Gasteiger partial charge in [0.2, 0.25) is 0 Å². The molecule has 1 aromatic carbocycles. The number of H-pyrrole nitrogens is 1. The Morgan fingerprint density at radius 2 is 1.94 bits per heavy atom. The van der Waals surface area contributed by atoms with E-state index in [4.69, 9.17) is 12.2 Å². The van der Waals surface area contributed by atoms with E-state index < -0.39 is 5.82 Å². The van der Waals surface area contributed by atoms with E-state index in [1.807, 2.05) is 30.3 Å². The van der Waals surface area contributed by atoms with Crippen LogP contribution in [0.4, 0.5) is 4.39 Å². The van der Waals surface area contributed by atoms with Crippen LogP contribution >= 0.6 is 12.2 Å². The van der Waals surface area contributed by atoms with Crippen molar-refractivity contribution in [1.82, 2.24) is 9.97 Å². The topological polar surface area (TPSA) is 28.7 Å². The summed E-state index contributed by atoms with van der Waals surface area (Å²) in [5, 5.41) is 0. The molecule has 0 atom stereocenters. The predicted octanol–water partition coefficient (Wildman–Crippen LogP) is 3.06. The van der Waals surface area contributed by atoms with Crippen LogP contribution in [-0.4, -0.2) is 9.97 Å². The van der Waals surface area contributed by atoms with E-state index in [1.54, 1.807) is 0 Å². The summed E-state index contributed by atoms with van der Waals surface area (Å²) in [6.45, 7) is 0. The maximum Gasteiger partial charge on any atom is 0.179 e. The van der Waals surface area contributed by atoms with Gasteiger partial charge in [-0.2, -0.15) is 0 Å². The monoisotopic (exact) mass is 234 g/mol. The first-order valence-electron chi connectivity index (χ1n) is 5.03. The van der Waals surface area contributed by atoms with Crippen LogP contribution in [-0.2, 0) is 12.8 Å². The Morgan fingerprint density at radius 3 is 2.69 bits per heavy atom. The van der Waals surface area contributed by atoms with Gasteiger partial charge in [-0.3, -0.25) is 0 Å². The van der Waals surface area contributed by atoms with E-state index >= 15 is 0 Å². The molecule has 2 aromatic rings. The molecule has 0 saturated heterocycles. The first kappa shape index (κ1) is 11.0. The lowest BCUT2D eigenvalue weighted by Crippen LogP contribution is -2.00. The summed E-state index contributed by atoms with van der Waals surface area (Å²) in [4.78, 5) is 6.47. The summed E-state index contributed by atoms with van der Waals surface area (Å²) in [6.07, 6.45) is 2.82. The minimum Gasteiger partial charge on any atom is -0.347 e. The fourth-order valence-electron chi connectivity index (χ4n) is 1.51. The van der Waals surface area contributed by atoms with Crippen molar-refractivity contribution in [1.29, 1.82) is 0 Å². The average Bonchev–Trinajstić information content (AvgIpc) is 2.32. The van der Waals surface area contributed by atoms with Crippen LogP contribution in [0.15, 0.2) is 36.7 Å². The van der Waals surface area contributed by atoms with E-state index in [0.717, 1.165) is 6.42 Å². The average molecular weight is 234 g/mol. The van der Waals surface area contributed by atoms with Gasteiger partial charge in [0.15, 0.2) is 10.5 Å². The minimum absolute atomic E-state index is 0.0295. The second-order valence-corrected chi connectivity index (χ2v) is 3.87. The highest BCUT2D eigenvalue weighted by Crippen LogP contribution is 2.08. The predicted molar refractivity (Wildman–Crippen MR) is 63.2 cm³/mol. The van der Waals surface area contributed by atoms with E-state index in [9.17, 15) is 4.39 Å². The normalized spacial score (nSPS) is 10.3. The van der Waals surface area contributed by atoms with Crippen LogP contribution in [0.2, 0.25) is 0 Å². The molecule has 0 amide bonds. The van der Waals surface area contributed by atoms with Gasteiger partial charge in [-0.25, -0.2) is 9.37 Å². The van der Waals surface area contributed by atoms with Gasteiger partial charge in [-0.15, -0.1) is 0 Å². The lowest BCUT2D eigenvalue weighted by atomic mass is 10.1. The third-order valence-electron chi connectivity index (χ3n) is 2.38. The Labute approximate surface area is 98.2 Å². The van der Waals surface area contributed by atoms with Gasteiger partial charge in [0.1, 0.15) is 0 Å². The Hall–Kier alpha value is -1.55. The fraction of sp³-hybridized carbons (Fsp3) is 0.167. The highest BCUT2D eigenvalue weighted by molar-refractivity contribution is 7.71. The van der Waals surface area contributed by atoms with Crippen LogP contribution in [0.1, 0.15) is 11.3 Å². The van der Waals surface area contributed by atoms with E-state index in [2.05, 4.69) is 9.97 Å². The summed E-state index contributed by atoms with van der Waals surface area (Å²) in [6, 6.07) is 9.95. The van der Waals surface area contributed by atoms with Gasteiger partial charge in [0.25, 0.3) is 0 Å². The standard InChI is InChI=1S/C12H11FN2S/c13-11-10(14-8-15-12(11)16)7-6-9-4-2-1-3-5-9/h1-5,8H,6-7H2,(H,14,15,16). The lowest BCUT2D eigenvalue weighted by molar-refractivity contribution is 0.584. The first-order chi connectivity index (χ1) is 7.77. The number of hydrogen-bond acceptors (Lipinski definition) is 2. The SMILES string of the molecule is Fc1c(CCc2ccccc2)[nH]cnc1=S. The van der Waals surface area contributed by atoms with Crippen LogP contribution in [0.25, 0.3) is 0 Å². The zero-order chi connectivity index (χ0) is 11.4. The molecule has 0 bridgehead atoms. The van der Waals surface area contributed by atoms with Gasteiger partial charge >= 0.3 is 0 Å². The molecule has 0 aliphatic rings. The van der Waals surface area contributed by atoms with Gasteiger partial charge in [-0.1, -0.05) is 42.5 Å². The van der Waals surface area contributed by atoms with Crippen LogP contribution in [0.5, 0.6) is 0 Å². The molecule has 4 heteroatoms. The van der Waals surface area contributed by atoms with Crippen molar-refractivity contribution < 1.29 is 4.39 Å². The Kier molecular flexibility index (Phi) is 3.41. The highest BCUT2D eigenvalue weighted by atomic mass is 32.1. The molecule has 0 fully saturated rings. The number of hydrogen-bond donors (Lipinski definition) is 1. The maximum absolute atomic E-state index is 13.5. The molecule has 0 unspecified atom stereocenters. The number of aromatic amines is 1. The molecule has 0 saturated carbocycles. The summed E-state index contributed by atoms with van der Waals surface area (Å²) in [5.41, 5.74) is 1.70. The number of nitrogens with zero attached hydrogens (tertiary/aromatic N) is 1. The van der Waals surface area contributed by atoms with Crippen molar-refractivity contribution in [3.63, 3.8) is 0 Å². The molecule has 1 aromatic heterocycles. The van der Waals surface area contributed by atoms with Gasteiger partial charge in [-0.05, 0) is 18.4 Å². The largest absolute Gasteiger partial charge is 0.347 e. The molecule has 1 N–H and O–H groups in total. The van der Waals surface area contributed by atoms with Crippen LogP contribution in [0, 0.1) is 10.5 Å². The number of halogens is 1. The molecular weight excluding hydrogens is 223 g/mol. The quantitative estimate of drug-likeness (QED) is 0.827. The minimum atomic E-state index is -0.409. The smallest absolute Gasteiger partial charge is 0.179 e. The van der Waals surface area contributed by atoms with E-state index in [1.165, 1.54) is 11.9 Å². The Morgan fingerprint density at radius 1 is 1.19 bits per heavy atom. The van der Waals surface area contributed by atoms with Gasteiger partial charge < -0.3 is 4.98 Å². The molecule has 1 heterocycles. The molecular formula is C12H11FN2S. The third-order valence-corrected chi connectivity index (χ3v) is 2.66. The maximum atomic E-state index is 13.5. The molecule has 2 rings (SSSR count). The fourth-order valence-corrected chi connectivity index (χ4v) is 1.69. The van der Waals surface area contributed by atoms with E-state index in [0.29, 0.717) is 12.1 Å². The zero-order valence-corrected chi connectivity index (χ0v) is 9.43. The summed E-state index contributed by atoms with van der Waals surface area (Å²) >= 11 is 4.77.